The van der Waals surface area contributed by atoms with Gasteiger partial charge < -0.3 is 9.88 Å². The highest BCUT2D eigenvalue weighted by Gasteiger charge is 2.22. The Hall–Kier alpha value is -1.96. The summed E-state index contributed by atoms with van der Waals surface area (Å²) in [6, 6.07) is 1.77. The van der Waals surface area contributed by atoms with Crippen LogP contribution in [0.3, 0.4) is 0 Å². The number of hydrogen-bond donors (Lipinski definition) is 1. The Balaban J connectivity index is 2.13. The van der Waals surface area contributed by atoms with Gasteiger partial charge in [-0.2, -0.15) is 0 Å². The van der Waals surface area contributed by atoms with E-state index in [0.29, 0.717) is 5.16 Å². The molecule has 0 saturated heterocycles. The molecule has 0 spiro atoms. The van der Waals surface area contributed by atoms with Crippen LogP contribution in [0.15, 0.2) is 17.3 Å². The maximum absolute atomic E-state index is 13.7. The van der Waals surface area contributed by atoms with Gasteiger partial charge in [0.2, 0.25) is 5.91 Å². The maximum Gasteiger partial charge on any atom is 0.237 e. The van der Waals surface area contributed by atoms with Gasteiger partial charge in [0.15, 0.2) is 22.6 Å². The summed E-state index contributed by atoms with van der Waals surface area (Å²) in [5.41, 5.74) is 1.55. The Morgan fingerprint density at radius 1 is 1.27 bits per heavy atom. The minimum absolute atomic E-state index is 0.386. The summed E-state index contributed by atoms with van der Waals surface area (Å²) < 4.78 is 42.1. The van der Waals surface area contributed by atoms with Gasteiger partial charge in [-0.05, 0) is 39.3 Å². The quantitative estimate of drug-likeness (QED) is 0.548. The number of aryl methyl sites for hydroxylation is 1. The molecule has 1 aromatic heterocycles. The number of benzene rings is 1. The lowest BCUT2D eigenvalue weighted by molar-refractivity contribution is -0.115. The number of amides is 1. The monoisotopic (exact) mass is 385 g/mol. The van der Waals surface area contributed by atoms with Crippen LogP contribution in [0.2, 0.25) is 0 Å². The lowest BCUT2D eigenvalue weighted by Crippen LogP contribution is -2.24. The fourth-order valence-corrected chi connectivity index (χ4v) is 3.39. The predicted octanol–water partition coefficient (Wildman–Crippen LogP) is 4.84. The second-order valence-corrected chi connectivity index (χ2v) is 7.35. The van der Waals surface area contributed by atoms with Crippen molar-refractivity contribution in [3.8, 4) is 0 Å². The van der Waals surface area contributed by atoms with E-state index in [-0.39, 0.29) is 5.69 Å². The van der Waals surface area contributed by atoms with Gasteiger partial charge >= 0.3 is 0 Å². The molecule has 1 aromatic carbocycles. The molecule has 0 radical (unpaired) electrons. The van der Waals surface area contributed by atoms with Crippen LogP contribution in [0.5, 0.6) is 0 Å². The third-order valence-corrected chi connectivity index (χ3v) is 5.19. The Kier molecular flexibility index (Phi) is 6.75. The van der Waals surface area contributed by atoms with Crippen LogP contribution in [-0.2, 0) is 11.3 Å². The van der Waals surface area contributed by atoms with Crippen molar-refractivity contribution in [2.45, 2.75) is 57.5 Å². The molecule has 4 nitrogen and oxygen atoms in total. The Labute approximate surface area is 155 Å². The average Bonchev–Trinajstić information content (AvgIpc) is 2.87. The first-order valence-electron chi connectivity index (χ1n) is 8.41. The normalized spacial score (nSPS) is 12.3. The highest BCUT2D eigenvalue weighted by atomic mass is 32.2. The van der Waals surface area contributed by atoms with Gasteiger partial charge in [0.25, 0.3) is 0 Å². The molecule has 142 valence electrons. The molecule has 26 heavy (non-hydrogen) atoms. The summed E-state index contributed by atoms with van der Waals surface area (Å²) in [5.74, 6) is -4.83. The molecule has 1 atom stereocenters. The van der Waals surface area contributed by atoms with E-state index < -0.39 is 28.6 Å². The van der Waals surface area contributed by atoms with Gasteiger partial charge in [-0.3, -0.25) is 4.79 Å². The van der Waals surface area contributed by atoms with E-state index >= 15 is 0 Å². The van der Waals surface area contributed by atoms with E-state index in [0.717, 1.165) is 42.9 Å². The molecule has 2 rings (SSSR count). The van der Waals surface area contributed by atoms with E-state index in [4.69, 9.17) is 0 Å². The van der Waals surface area contributed by atoms with Crippen LogP contribution in [-0.4, -0.2) is 20.7 Å². The van der Waals surface area contributed by atoms with Gasteiger partial charge in [-0.1, -0.05) is 25.1 Å². The number of carbonyl (C=O) groups is 1. The smallest absolute Gasteiger partial charge is 0.237 e. The van der Waals surface area contributed by atoms with Crippen molar-refractivity contribution in [2.75, 3.05) is 5.32 Å². The van der Waals surface area contributed by atoms with Crippen molar-refractivity contribution in [1.82, 2.24) is 9.55 Å². The van der Waals surface area contributed by atoms with E-state index in [1.807, 2.05) is 13.8 Å². The molecule has 2 aromatic rings. The predicted molar refractivity (Wildman–Crippen MR) is 96.9 cm³/mol. The number of nitrogens with one attached hydrogen (secondary N) is 1. The minimum atomic E-state index is -1.61. The molecular weight excluding hydrogens is 363 g/mol. The first kappa shape index (κ1) is 20.4. The number of nitrogens with zero attached hydrogens (tertiary/aromatic N) is 2. The second kappa shape index (κ2) is 8.62. The molecule has 1 amide bonds. The molecule has 0 bridgehead atoms. The number of aromatic nitrogens is 2. The number of imidazole rings is 1. The minimum Gasteiger partial charge on any atom is -0.323 e. The van der Waals surface area contributed by atoms with E-state index in [1.54, 1.807) is 6.92 Å². The van der Waals surface area contributed by atoms with Crippen LogP contribution < -0.4 is 5.32 Å². The zero-order valence-corrected chi connectivity index (χ0v) is 16.0. The van der Waals surface area contributed by atoms with Crippen molar-refractivity contribution < 1.29 is 18.0 Å². The summed E-state index contributed by atoms with van der Waals surface area (Å²) in [6.07, 6.45) is 2.02. The van der Waals surface area contributed by atoms with Gasteiger partial charge in [0, 0.05) is 12.2 Å². The third kappa shape index (κ3) is 4.41. The molecule has 1 heterocycles. The molecule has 0 aliphatic carbocycles. The zero-order chi connectivity index (χ0) is 19.4. The summed E-state index contributed by atoms with van der Waals surface area (Å²) in [7, 11) is 0. The molecule has 0 aliphatic heterocycles. The maximum atomic E-state index is 13.7. The van der Waals surface area contributed by atoms with Gasteiger partial charge in [-0.15, -0.1) is 0 Å². The van der Waals surface area contributed by atoms with Crippen molar-refractivity contribution in [3.05, 3.63) is 41.0 Å². The lowest BCUT2D eigenvalue weighted by atomic mass is 10.2. The van der Waals surface area contributed by atoms with E-state index in [9.17, 15) is 18.0 Å². The zero-order valence-electron chi connectivity index (χ0n) is 15.2. The first-order chi connectivity index (χ1) is 12.3. The van der Waals surface area contributed by atoms with Crippen LogP contribution in [0.4, 0.5) is 18.9 Å². The Bertz CT molecular complexity index is 807. The molecular formula is C18H22F3N3OS. The fraction of sp³-hybridized carbons (Fsp3) is 0.444. The van der Waals surface area contributed by atoms with E-state index in [1.165, 1.54) is 11.8 Å². The van der Waals surface area contributed by atoms with Crippen LogP contribution in [0, 0.1) is 31.3 Å². The van der Waals surface area contributed by atoms with E-state index in [2.05, 4.69) is 21.8 Å². The highest BCUT2D eigenvalue weighted by Crippen LogP contribution is 2.27. The number of thioether (sulfide) groups is 1. The summed E-state index contributed by atoms with van der Waals surface area (Å²) in [5, 5.41) is 2.42. The SMILES string of the molecule is CCCCn1c(SC(C)C(=O)Nc2ccc(F)c(F)c2F)nc(C)c1C. The molecule has 1 unspecified atom stereocenters. The van der Waals surface area contributed by atoms with Crippen LogP contribution >= 0.6 is 11.8 Å². The topological polar surface area (TPSA) is 46.9 Å². The van der Waals surface area contributed by atoms with Crippen molar-refractivity contribution in [1.29, 1.82) is 0 Å². The van der Waals surface area contributed by atoms with Gasteiger partial charge in [0.05, 0.1) is 16.6 Å². The summed E-state index contributed by atoms with van der Waals surface area (Å²) in [6.45, 7) is 8.43. The molecule has 0 fully saturated rings. The molecule has 1 N–H and O–H groups in total. The summed E-state index contributed by atoms with van der Waals surface area (Å²) >= 11 is 1.25. The molecule has 0 saturated carbocycles. The average molecular weight is 385 g/mol. The number of rotatable bonds is 7. The number of hydrogen-bond acceptors (Lipinski definition) is 3. The first-order valence-corrected chi connectivity index (χ1v) is 9.29. The standard InChI is InChI=1S/C18H22F3N3OS/c1-5-6-9-24-11(3)10(2)22-18(24)26-12(4)17(25)23-14-8-7-13(19)15(20)16(14)21/h7-8,12H,5-6,9H2,1-4H3,(H,23,25). The number of carbonyl (C=O) groups excluding carboxylic acids is 1. The van der Waals surface area contributed by atoms with Crippen molar-refractivity contribution in [3.63, 3.8) is 0 Å². The third-order valence-electron chi connectivity index (χ3n) is 4.10. The fourth-order valence-electron chi connectivity index (χ4n) is 2.36. The van der Waals surface area contributed by atoms with Gasteiger partial charge in [0.1, 0.15) is 0 Å². The van der Waals surface area contributed by atoms with Crippen LogP contribution in [0.1, 0.15) is 38.1 Å². The van der Waals surface area contributed by atoms with Crippen LogP contribution in [0.25, 0.3) is 0 Å². The van der Waals surface area contributed by atoms with Crippen molar-refractivity contribution >= 4 is 23.4 Å². The second-order valence-electron chi connectivity index (χ2n) is 6.04. The number of halogens is 3. The van der Waals surface area contributed by atoms with Gasteiger partial charge in [-0.25, -0.2) is 18.2 Å². The Morgan fingerprint density at radius 3 is 2.62 bits per heavy atom. The largest absolute Gasteiger partial charge is 0.323 e. The molecule has 8 heteroatoms. The number of unbranched alkanes of at least 4 members (excludes halogenated alkanes) is 1. The summed E-state index contributed by atoms with van der Waals surface area (Å²) in [4.78, 5) is 16.8. The highest BCUT2D eigenvalue weighted by molar-refractivity contribution is 8.00. The Morgan fingerprint density at radius 2 is 1.96 bits per heavy atom. The van der Waals surface area contributed by atoms with Crippen molar-refractivity contribution in [2.24, 2.45) is 0 Å². The number of anilines is 1. The molecule has 0 aliphatic rings. The lowest BCUT2D eigenvalue weighted by Gasteiger charge is -2.14.